The molecule has 25 heavy (non-hydrogen) atoms. The SMILES string of the molecule is COCCn1nc(C(=O)NC2CCCCc3ccccc32)ccc1=O. The van der Waals surface area contributed by atoms with E-state index in [0.717, 1.165) is 25.7 Å². The average molecular weight is 341 g/mol. The Kier molecular flexibility index (Phi) is 5.60. The molecule has 0 saturated heterocycles. The van der Waals surface area contributed by atoms with Gasteiger partial charge in [-0.2, -0.15) is 5.10 Å². The summed E-state index contributed by atoms with van der Waals surface area (Å²) in [7, 11) is 1.56. The molecule has 1 N–H and O–H groups in total. The van der Waals surface area contributed by atoms with Gasteiger partial charge in [-0.15, -0.1) is 0 Å². The van der Waals surface area contributed by atoms with Crippen molar-refractivity contribution in [3.63, 3.8) is 0 Å². The van der Waals surface area contributed by atoms with Crippen LogP contribution < -0.4 is 10.9 Å². The van der Waals surface area contributed by atoms with Gasteiger partial charge in [0.2, 0.25) is 0 Å². The van der Waals surface area contributed by atoms with Gasteiger partial charge in [-0.05, 0) is 36.5 Å². The fourth-order valence-electron chi connectivity index (χ4n) is 3.21. The zero-order valence-electron chi connectivity index (χ0n) is 14.4. The van der Waals surface area contributed by atoms with Gasteiger partial charge in [0.05, 0.1) is 19.2 Å². The summed E-state index contributed by atoms with van der Waals surface area (Å²) in [6.45, 7) is 0.691. The summed E-state index contributed by atoms with van der Waals surface area (Å²) in [6, 6.07) is 11.1. The van der Waals surface area contributed by atoms with Crippen LogP contribution in [0.4, 0.5) is 0 Å². The molecule has 6 heteroatoms. The lowest BCUT2D eigenvalue weighted by molar-refractivity contribution is 0.0925. The highest BCUT2D eigenvalue weighted by atomic mass is 16.5. The molecule has 1 aromatic carbocycles. The third kappa shape index (κ3) is 4.14. The van der Waals surface area contributed by atoms with Crippen LogP contribution in [0.25, 0.3) is 0 Å². The van der Waals surface area contributed by atoms with Crippen LogP contribution in [0.1, 0.15) is 46.9 Å². The number of aromatic nitrogens is 2. The van der Waals surface area contributed by atoms with E-state index in [1.165, 1.54) is 27.9 Å². The Labute approximate surface area is 146 Å². The molecule has 3 rings (SSSR count). The molecule has 0 saturated carbocycles. The van der Waals surface area contributed by atoms with Gasteiger partial charge in [-0.25, -0.2) is 4.68 Å². The number of nitrogens with zero attached hydrogens (tertiary/aromatic N) is 2. The van der Waals surface area contributed by atoms with Crippen molar-refractivity contribution in [2.45, 2.75) is 38.3 Å². The first-order chi connectivity index (χ1) is 12.2. The van der Waals surface area contributed by atoms with E-state index in [0.29, 0.717) is 13.2 Å². The Bertz CT molecular complexity index is 800. The third-order valence-corrected chi connectivity index (χ3v) is 4.53. The largest absolute Gasteiger partial charge is 0.383 e. The van der Waals surface area contributed by atoms with Gasteiger partial charge < -0.3 is 10.1 Å². The van der Waals surface area contributed by atoms with Gasteiger partial charge in [0, 0.05) is 13.2 Å². The number of amides is 1. The molecule has 1 atom stereocenters. The van der Waals surface area contributed by atoms with E-state index in [1.54, 1.807) is 7.11 Å². The van der Waals surface area contributed by atoms with Crippen molar-refractivity contribution < 1.29 is 9.53 Å². The topological polar surface area (TPSA) is 73.2 Å². The molecule has 0 spiro atoms. The minimum Gasteiger partial charge on any atom is -0.383 e. The molecule has 1 heterocycles. The van der Waals surface area contributed by atoms with Crippen molar-refractivity contribution in [1.29, 1.82) is 0 Å². The lowest BCUT2D eigenvalue weighted by Gasteiger charge is -2.19. The number of aryl methyl sites for hydroxylation is 1. The second kappa shape index (κ2) is 8.07. The van der Waals surface area contributed by atoms with Crippen LogP contribution in [-0.2, 0) is 17.7 Å². The number of nitrogens with one attached hydrogen (secondary N) is 1. The number of ether oxygens (including phenoxy) is 1. The minimum absolute atomic E-state index is 0.0210. The Morgan fingerprint density at radius 3 is 2.96 bits per heavy atom. The van der Waals surface area contributed by atoms with Gasteiger partial charge in [0.1, 0.15) is 5.69 Å². The molecule has 0 radical (unpaired) electrons. The van der Waals surface area contributed by atoms with Gasteiger partial charge >= 0.3 is 0 Å². The molecule has 1 amide bonds. The van der Waals surface area contributed by atoms with E-state index in [1.807, 2.05) is 12.1 Å². The first kappa shape index (κ1) is 17.4. The van der Waals surface area contributed by atoms with E-state index in [9.17, 15) is 9.59 Å². The predicted molar refractivity (Wildman–Crippen MR) is 94.6 cm³/mol. The number of hydrogen-bond acceptors (Lipinski definition) is 4. The highest BCUT2D eigenvalue weighted by Gasteiger charge is 2.21. The molecule has 1 aliphatic carbocycles. The van der Waals surface area contributed by atoms with Crippen LogP contribution in [0, 0.1) is 0 Å². The highest BCUT2D eigenvalue weighted by molar-refractivity contribution is 5.92. The van der Waals surface area contributed by atoms with Crippen molar-refractivity contribution in [3.05, 3.63) is 63.6 Å². The summed E-state index contributed by atoms with van der Waals surface area (Å²) in [5, 5.41) is 7.25. The molecule has 1 aliphatic rings. The number of benzene rings is 1. The summed E-state index contributed by atoms with van der Waals surface area (Å²) in [5.74, 6) is -0.257. The summed E-state index contributed by atoms with van der Waals surface area (Å²) in [6.07, 6.45) is 4.15. The first-order valence-corrected chi connectivity index (χ1v) is 8.65. The van der Waals surface area contributed by atoms with Crippen molar-refractivity contribution in [3.8, 4) is 0 Å². The van der Waals surface area contributed by atoms with Crippen molar-refractivity contribution in [2.24, 2.45) is 0 Å². The summed E-state index contributed by atoms with van der Waals surface area (Å²) in [5.41, 5.74) is 2.48. The zero-order chi connectivity index (χ0) is 17.6. The van der Waals surface area contributed by atoms with Crippen LogP contribution >= 0.6 is 0 Å². The number of fused-ring (bicyclic) bond motifs is 1. The van der Waals surface area contributed by atoms with Gasteiger partial charge in [-0.3, -0.25) is 9.59 Å². The summed E-state index contributed by atoms with van der Waals surface area (Å²) in [4.78, 5) is 24.5. The molecule has 6 nitrogen and oxygen atoms in total. The van der Waals surface area contributed by atoms with Crippen LogP contribution in [-0.4, -0.2) is 29.4 Å². The third-order valence-electron chi connectivity index (χ3n) is 4.53. The van der Waals surface area contributed by atoms with Crippen LogP contribution in [0.3, 0.4) is 0 Å². The van der Waals surface area contributed by atoms with E-state index in [4.69, 9.17) is 4.74 Å². The monoisotopic (exact) mass is 341 g/mol. The molecule has 132 valence electrons. The first-order valence-electron chi connectivity index (χ1n) is 8.65. The summed E-state index contributed by atoms with van der Waals surface area (Å²) >= 11 is 0. The predicted octanol–water partition coefficient (Wildman–Crippen LogP) is 2.09. The van der Waals surface area contributed by atoms with Crippen LogP contribution in [0.2, 0.25) is 0 Å². The Morgan fingerprint density at radius 1 is 1.28 bits per heavy atom. The molecule has 0 bridgehead atoms. The van der Waals surface area contributed by atoms with Gasteiger partial charge in [0.25, 0.3) is 11.5 Å². The Hall–Kier alpha value is -2.47. The molecular weight excluding hydrogens is 318 g/mol. The lowest BCUT2D eigenvalue weighted by atomic mass is 9.99. The molecule has 2 aromatic rings. The molecule has 1 unspecified atom stereocenters. The second-order valence-electron chi connectivity index (χ2n) is 6.24. The van der Waals surface area contributed by atoms with Crippen molar-refractivity contribution in [1.82, 2.24) is 15.1 Å². The fourth-order valence-corrected chi connectivity index (χ4v) is 3.21. The molecule has 0 fully saturated rings. The van der Waals surface area contributed by atoms with Crippen molar-refractivity contribution in [2.75, 3.05) is 13.7 Å². The number of carbonyl (C=O) groups is 1. The fraction of sp³-hybridized carbons (Fsp3) is 0.421. The summed E-state index contributed by atoms with van der Waals surface area (Å²) < 4.78 is 6.24. The number of hydrogen-bond donors (Lipinski definition) is 1. The lowest BCUT2D eigenvalue weighted by Crippen LogP contribution is -2.32. The van der Waals surface area contributed by atoms with E-state index >= 15 is 0 Å². The van der Waals surface area contributed by atoms with E-state index in [2.05, 4.69) is 22.5 Å². The average Bonchev–Trinajstić information content (AvgIpc) is 2.83. The smallest absolute Gasteiger partial charge is 0.272 e. The maximum Gasteiger partial charge on any atom is 0.272 e. The molecule has 0 aliphatic heterocycles. The standard InChI is InChI=1S/C19H23N3O3/c1-25-13-12-22-18(23)11-10-17(21-22)19(24)20-16-9-5-3-7-14-6-2-4-8-15(14)16/h2,4,6,8,10-11,16H,3,5,7,9,12-13H2,1H3,(H,20,24). The van der Waals surface area contributed by atoms with Crippen LogP contribution in [0.5, 0.6) is 0 Å². The number of rotatable bonds is 5. The highest BCUT2D eigenvalue weighted by Crippen LogP contribution is 2.28. The minimum atomic E-state index is -0.257. The van der Waals surface area contributed by atoms with Crippen molar-refractivity contribution >= 4 is 5.91 Å². The quantitative estimate of drug-likeness (QED) is 0.845. The Morgan fingerprint density at radius 2 is 2.12 bits per heavy atom. The molecule has 1 aromatic heterocycles. The van der Waals surface area contributed by atoms with E-state index < -0.39 is 0 Å². The van der Waals surface area contributed by atoms with Gasteiger partial charge in [-0.1, -0.05) is 30.7 Å². The number of methoxy groups -OCH3 is 1. The maximum absolute atomic E-state index is 12.7. The van der Waals surface area contributed by atoms with Crippen LogP contribution in [0.15, 0.2) is 41.2 Å². The maximum atomic E-state index is 12.7. The van der Waals surface area contributed by atoms with E-state index in [-0.39, 0.29) is 23.2 Å². The normalized spacial score (nSPS) is 16.8. The van der Waals surface area contributed by atoms with Gasteiger partial charge in [0.15, 0.2) is 0 Å². The zero-order valence-corrected chi connectivity index (χ0v) is 14.4. The molecular formula is C19H23N3O3. The number of carbonyl (C=O) groups excluding carboxylic acids is 1. The second-order valence-corrected chi connectivity index (χ2v) is 6.24. The Balaban J connectivity index is 1.79.